The zero-order valence-corrected chi connectivity index (χ0v) is 14.8. The third kappa shape index (κ3) is 4.62. The number of likely N-dealkylation sites (N-methyl/N-ethyl adjacent to an activating group) is 1. The van der Waals surface area contributed by atoms with Crippen LogP contribution in [0.4, 0.5) is 4.39 Å². The number of halogens is 1. The Balaban J connectivity index is 2.28. The summed E-state index contributed by atoms with van der Waals surface area (Å²) in [7, 11) is 1.52. The quantitative estimate of drug-likeness (QED) is 0.897. The van der Waals surface area contributed by atoms with Crippen LogP contribution < -0.4 is 10.6 Å². The van der Waals surface area contributed by atoms with Crippen LogP contribution in [0, 0.1) is 11.2 Å². The Morgan fingerprint density at radius 1 is 1.12 bits per heavy atom. The van der Waals surface area contributed by atoms with Crippen molar-refractivity contribution in [1.29, 1.82) is 0 Å². The zero-order valence-electron chi connectivity index (χ0n) is 14.8. The van der Waals surface area contributed by atoms with Crippen LogP contribution in [0.3, 0.4) is 0 Å². The molecule has 0 saturated carbocycles. The molecule has 2 amide bonds. The molecule has 0 fully saturated rings. The second-order valence-electron chi connectivity index (χ2n) is 6.81. The molecule has 5 nitrogen and oxygen atoms in total. The molecule has 0 saturated heterocycles. The van der Waals surface area contributed by atoms with E-state index in [9.17, 15) is 14.0 Å². The molecule has 0 spiro atoms. The van der Waals surface area contributed by atoms with Crippen LogP contribution >= 0.6 is 0 Å². The lowest BCUT2D eigenvalue weighted by molar-refractivity contribution is -0.124. The summed E-state index contributed by atoms with van der Waals surface area (Å²) in [4.78, 5) is 28.9. The SMILES string of the molecule is CNC(=O)C(NC(=O)c1cccc(-c2cccc(F)c2)n1)C(C)(C)C. The van der Waals surface area contributed by atoms with E-state index in [0.29, 0.717) is 11.3 Å². The summed E-state index contributed by atoms with van der Waals surface area (Å²) >= 11 is 0. The van der Waals surface area contributed by atoms with E-state index in [4.69, 9.17) is 0 Å². The molecule has 1 aromatic carbocycles. The second-order valence-corrected chi connectivity index (χ2v) is 6.81. The number of carbonyl (C=O) groups excluding carboxylic acids is 2. The van der Waals surface area contributed by atoms with Gasteiger partial charge in [0, 0.05) is 12.6 Å². The predicted molar refractivity (Wildman–Crippen MR) is 94.4 cm³/mol. The number of hydrogen-bond donors (Lipinski definition) is 2. The molecule has 2 N–H and O–H groups in total. The summed E-state index contributed by atoms with van der Waals surface area (Å²) in [6.07, 6.45) is 0. The Labute approximate surface area is 146 Å². The van der Waals surface area contributed by atoms with Gasteiger partial charge in [-0.25, -0.2) is 9.37 Å². The van der Waals surface area contributed by atoms with E-state index in [-0.39, 0.29) is 17.4 Å². The van der Waals surface area contributed by atoms with Crippen molar-refractivity contribution < 1.29 is 14.0 Å². The molecule has 132 valence electrons. The molecular weight excluding hydrogens is 321 g/mol. The maximum absolute atomic E-state index is 13.4. The smallest absolute Gasteiger partial charge is 0.270 e. The summed E-state index contributed by atoms with van der Waals surface area (Å²) in [6.45, 7) is 5.59. The third-order valence-corrected chi connectivity index (χ3v) is 3.75. The highest BCUT2D eigenvalue weighted by Crippen LogP contribution is 2.21. The van der Waals surface area contributed by atoms with Gasteiger partial charge in [0.15, 0.2) is 0 Å². The first kappa shape index (κ1) is 18.6. The van der Waals surface area contributed by atoms with Crippen molar-refractivity contribution in [1.82, 2.24) is 15.6 Å². The number of aromatic nitrogens is 1. The standard InChI is InChI=1S/C19H22FN3O2/c1-19(2,3)16(18(25)21-4)23-17(24)15-10-6-9-14(22-15)12-7-5-8-13(20)11-12/h5-11,16H,1-4H3,(H,21,25)(H,23,24). The summed E-state index contributed by atoms with van der Waals surface area (Å²) < 4.78 is 13.4. The number of pyridine rings is 1. The Bertz CT molecular complexity index is 784. The van der Waals surface area contributed by atoms with Crippen molar-refractivity contribution in [2.24, 2.45) is 5.41 Å². The molecule has 1 atom stereocenters. The van der Waals surface area contributed by atoms with Gasteiger partial charge in [0.05, 0.1) is 5.69 Å². The van der Waals surface area contributed by atoms with E-state index in [0.717, 1.165) is 0 Å². The van der Waals surface area contributed by atoms with Crippen LogP contribution in [0.25, 0.3) is 11.3 Å². The van der Waals surface area contributed by atoms with E-state index in [1.165, 1.54) is 19.2 Å². The Kier molecular flexibility index (Phi) is 5.51. The molecule has 1 aromatic heterocycles. The monoisotopic (exact) mass is 343 g/mol. The summed E-state index contributed by atoms with van der Waals surface area (Å²) in [6, 6.07) is 10.2. The van der Waals surface area contributed by atoms with Crippen LogP contribution in [-0.2, 0) is 4.79 Å². The fraction of sp³-hybridized carbons (Fsp3) is 0.316. The lowest BCUT2D eigenvalue weighted by atomic mass is 9.86. The van der Waals surface area contributed by atoms with Crippen LogP contribution in [0.15, 0.2) is 42.5 Å². The zero-order chi connectivity index (χ0) is 18.6. The molecular formula is C19H22FN3O2. The minimum Gasteiger partial charge on any atom is -0.357 e. The molecule has 2 aromatic rings. The summed E-state index contributed by atoms with van der Waals surface area (Å²) in [5, 5.41) is 5.28. The average Bonchev–Trinajstić information content (AvgIpc) is 2.58. The Morgan fingerprint density at radius 2 is 1.80 bits per heavy atom. The van der Waals surface area contributed by atoms with Crippen molar-refractivity contribution in [2.45, 2.75) is 26.8 Å². The van der Waals surface area contributed by atoms with Gasteiger partial charge in [0.2, 0.25) is 5.91 Å². The van der Waals surface area contributed by atoms with Crippen LogP contribution in [0.1, 0.15) is 31.3 Å². The van der Waals surface area contributed by atoms with Crippen molar-refractivity contribution >= 4 is 11.8 Å². The van der Waals surface area contributed by atoms with Gasteiger partial charge < -0.3 is 10.6 Å². The topological polar surface area (TPSA) is 71.1 Å². The molecule has 1 unspecified atom stereocenters. The molecule has 0 aliphatic rings. The second kappa shape index (κ2) is 7.42. The van der Waals surface area contributed by atoms with E-state index in [1.54, 1.807) is 30.3 Å². The van der Waals surface area contributed by atoms with Gasteiger partial charge >= 0.3 is 0 Å². The average molecular weight is 343 g/mol. The number of nitrogens with one attached hydrogen (secondary N) is 2. The van der Waals surface area contributed by atoms with Crippen molar-refractivity contribution in [2.75, 3.05) is 7.05 Å². The first-order valence-corrected chi connectivity index (χ1v) is 7.98. The fourth-order valence-corrected chi connectivity index (χ4v) is 2.39. The first-order valence-electron chi connectivity index (χ1n) is 7.98. The van der Waals surface area contributed by atoms with Gasteiger partial charge in [-0.05, 0) is 29.7 Å². The highest BCUT2D eigenvalue weighted by molar-refractivity contribution is 5.96. The van der Waals surface area contributed by atoms with Gasteiger partial charge in [0.25, 0.3) is 5.91 Å². The summed E-state index contributed by atoms with van der Waals surface area (Å²) in [5.41, 5.74) is 0.767. The van der Waals surface area contributed by atoms with Gasteiger partial charge in [-0.1, -0.05) is 39.0 Å². The minimum absolute atomic E-state index is 0.167. The van der Waals surface area contributed by atoms with E-state index < -0.39 is 17.4 Å². The summed E-state index contributed by atoms with van der Waals surface area (Å²) in [5.74, 6) is -1.11. The van der Waals surface area contributed by atoms with Crippen LogP contribution in [0.5, 0.6) is 0 Å². The fourth-order valence-electron chi connectivity index (χ4n) is 2.39. The highest BCUT2D eigenvalue weighted by Gasteiger charge is 2.32. The van der Waals surface area contributed by atoms with E-state index in [2.05, 4.69) is 15.6 Å². The minimum atomic E-state index is -0.704. The van der Waals surface area contributed by atoms with Gasteiger partial charge in [-0.15, -0.1) is 0 Å². The Hall–Kier alpha value is -2.76. The first-order chi connectivity index (χ1) is 11.7. The third-order valence-electron chi connectivity index (χ3n) is 3.75. The number of rotatable bonds is 4. The molecule has 0 aliphatic heterocycles. The van der Waals surface area contributed by atoms with Gasteiger partial charge in [0.1, 0.15) is 17.6 Å². The maximum atomic E-state index is 13.4. The van der Waals surface area contributed by atoms with E-state index >= 15 is 0 Å². The number of carbonyl (C=O) groups is 2. The largest absolute Gasteiger partial charge is 0.357 e. The van der Waals surface area contributed by atoms with E-state index in [1.807, 2.05) is 20.8 Å². The Morgan fingerprint density at radius 3 is 2.40 bits per heavy atom. The molecule has 0 aliphatic carbocycles. The van der Waals surface area contributed by atoms with Crippen LogP contribution in [-0.4, -0.2) is 29.9 Å². The van der Waals surface area contributed by atoms with Crippen molar-refractivity contribution in [3.8, 4) is 11.3 Å². The number of amides is 2. The lowest BCUT2D eigenvalue weighted by Gasteiger charge is -2.29. The molecule has 2 rings (SSSR count). The number of hydrogen-bond acceptors (Lipinski definition) is 3. The van der Waals surface area contributed by atoms with Gasteiger partial charge in [-0.2, -0.15) is 0 Å². The highest BCUT2D eigenvalue weighted by atomic mass is 19.1. The lowest BCUT2D eigenvalue weighted by Crippen LogP contribution is -2.53. The number of benzene rings is 1. The van der Waals surface area contributed by atoms with Crippen molar-refractivity contribution in [3.05, 3.63) is 54.0 Å². The predicted octanol–water partition coefficient (Wildman–Crippen LogP) is 2.78. The van der Waals surface area contributed by atoms with Gasteiger partial charge in [-0.3, -0.25) is 9.59 Å². The van der Waals surface area contributed by atoms with Crippen molar-refractivity contribution in [3.63, 3.8) is 0 Å². The molecule has 1 heterocycles. The normalized spacial score (nSPS) is 12.4. The molecule has 0 radical (unpaired) electrons. The maximum Gasteiger partial charge on any atom is 0.270 e. The van der Waals surface area contributed by atoms with Crippen LogP contribution in [0.2, 0.25) is 0 Å². The number of nitrogens with zero attached hydrogens (tertiary/aromatic N) is 1. The molecule has 0 bridgehead atoms. The molecule has 6 heteroatoms. The molecule has 25 heavy (non-hydrogen) atoms.